The van der Waals surface area contributed by atoms with E-state index in [4.69, 9.17) is 11.6 Å². The normalized spacial score (nSPS) is 11.4. The van der Waals surface area contributed by atoms with Gasteiger partial charge in [-0.2, -0.15) is 13.2 Å². The number of halogens is 4. The minimum absolute atomic E-state index is 0.129. The summed E-state index contributed by atoms with van der Waals surface area (Å²) in [6.07, 6.45) is -4.73. The highest BCUT2D eigenvalue weighted by atomic mass is 35.5. The first-order valence-electron chi connectivity index (χ1n) is 7.05. The van der Waals surface area contributed by atoms with Crippen LogP contribution in [0, 0.1) is 0 Å². The number of aromatic nitrogens is 1. The van der Waals surface area contributed by atoms with Crippen molar-refractivity contribution >= 4 is 34.5 Å². The summed E-state index contributed by atoms with van der Waals surface area (Å²) in [5.41, 5.74) is -0.379. The van der Waals surface area contributed by atoms with Gasteiger partial charge >= 0.3 is 6.18 Å². The number of rotatable bonds is 3. The Morgan fingerprint density at radius 3 is 2.44 bits per heavy atom. The van der Waals surface area contributed by atoms with Crippen molar-refractivity contribution < 1.29 is 18.0 Å². The predicted molar refractivity (Wildman–Crippen MR) is 92.0 cm³/mol. The van der Waals surface area contributed by atoms with Gasteiger partial charge in [0.1, 0.15) is 9.88 Å². The van der Waals surface area contributed by atoms with Crippen LogP contribution >= 0.6 is 22.9 Å². The summed E-state index contributed by atoms with van der Waals surface area (Å²) in [5, 5.41) is 2.92. The largest absolute Gasteiger partial charge is 0.435 e. The lowest BCUT2D eigenvalue weighted by Gasteiger charge is -2.07. The van der Waals surface area contributed by atoms with Gasteiger partial charge in [-0.25, -0.2) is 4.98 Å². The van der Waals surface area contributed by atoms with Crippen molar-refractivity contribution in [1.29, 1.82) is 0 Å². The van der Waals surface area contributed by atoms with Crippen molar-refractivity contribution in [3.8, 4) is 10.6 Å². The second-order valence-corrected chi connectivity index (χ2v) is 6.46. The molecule has 3 rings (SSSR count). The summed E-state index contributed by atoms with van der Waals surface area (Å²) < 4.78 is 39.9. The minimum Gasteiger partial charge on any atom is -0.321 e. The van der Waals surface area contributed by atoms with E-state index in [9.17, 15) is 18.0 Å². The third-order valence-electron chi connectivity index (χ3n) is 3.21. The van der Waals surface area contributed by atoms with Crippen LogP contribution in [0.4, 0.5) is 18.9 Å². The highest BCUT2D eigenvalue weighted by molar-refractivity contribution is 7.17. The molecule has 0 fully saturated rings. The number of amides is 1. The molecule has 1 aromatic heterocycles. The summed E-state index contributed by atoms with van der Waals surface area (Å²) in [6.45, 7) is 0. The van der Waals surface area contributed by atoms with Crippen molar-refractivity contribution in [2.45, 2.75) is 6.18 Å². The molecule has 1 heterocycles. The number of nitrogens with zero attached hydrogens (tertiary/aromatic N) is 1. The van der Waals surface area contributed by atoms with E-state index in [1.54, 1.807) is 42.5 Å². The number of carbonyl (C=O) groups is 1. The Bertz CT molecular complexity index is 910. The fraction of sp³-hybridized carbons (Fsp3) is 0.0588. The molecule has 0 aliphatic rings. The molecule has 0 unspecified atom stereocenters. The van der Waals surface area contributed by atoms with Gasteiger partial charge in [-0.15, -0.1) is 11.3 Å². The lowest BCUT2D eigenvalue weighted by atomic mass is 10.2. The lowest BCUT2D eigenvalue weighted by molar-refractivity contribution is -0.140. The highest BCUT2D eigenvalue weighted by Crippen LogP contribution is 2.38. The first-order valence-corrected chi connectivity index (χ1v) is 8.24. The molecule has 0 bridgehead atoms. The van der Waals surface area contributed by atoms with Gasteiger partial charge < -0.3 is 5.32 Å². The van der Waals surface area contributed by atoms with E-state index in [0.717, 1.165) is 0 Å². The van der Waals surface area contributed by atoms with E-state index in [1.807, 2.05) is 0 Å². The van der Waals surface area contributed by atoms with Gasteiger partial charge in [-0.1, -0.05) is 48.0 Å². The molecule has 1 amide bonds. The molecule has 2 aromatic carbocycles. The molecular weight excluding hydrogens is 373 g/mol. The van der Waals surface area contributed by atoms with Gasteiger partial charge in [0.25, 0.3) is 5.91 Å². The first-order chi connectivity index (χ1) is 11.8. The topological polar surface area (TPSA) is 42.0 Å². The second-order valence-electron chi connectivity index (χ2n) is 5.03. The number of anilines is 1. The average molecular weight is 383 g/mol. The van der Waals surface area contributed by atoms with Crippen LogP contribution in [-0.2, 0) is 6.18 Å². The van der Waals surface area contributed by atoms with Crippen molar-refractivity contribution in [3.63, 3.8) is 0 Å². The van der Waals surface area contributed by atoms with E-state index in [-0.39, 0.29) is 5.01 Å². The van der Waals surface area contributed by atoms with Crippen LogP contribution in [-0.4, -0.2) is 10.9 Å². The Balaban J connectivity index is 1.99. The first kappa shape index (κ1) is 17.4. The van der Waals surface area contributed by atoms with Gasteiger partial charge in [0, 0.05) is 16.3 Å². The zero-order valence-electron chi connectivity index (χ0n) is 12.5. The average Bonchev–Trinajstić information content (AvgIpc) is 3.01. The zero-order valence-corrected chi connectivity index (χ0v) is 14.0. The molecule has 25 heavy (non-hydrogen) atoms. The van der Waals surface area contributed by atoms with Gasteiger partial charge in [0.15, 0.2) is 5.69 Å². The molecule has 3 nitrogen and oxygen atoms in total. The maximum Gasteiger partial charge on any atom is 0.435 e. The molecule has 128 valence electrons. The number of nitrogens with one attached hydrogen (secondary N) is 1. The molecule has 0 aliphatic heterocycles. The smallest absolute Gasteiger partial charge is 0.321 e. The van der Waals surface area contributed by atoms with Crippen LogP contribution in [0.2, 0.25) is 5.02 Å². The number of alkyl halides is 3. The van der Waals surface area contributed by atoms with Crippen LogP contribution in [0.3, 0.4) is 0 Å². The van der Waals surface area contributed by atoms with Crippen molar-refractivity contribution in [3.05, 3.63) is 70.2 Å². The van der Waals surface area contributed by atoms with Crippen LogP contribution in [0.15, 0.2) is 54.6 Å². The van der Waals surface area contributed by atoms with Gasteiger partial charge in [-0.05, 0) is 18.2 Å². The molecule has 0 spiro atoms. The van der Waals surface area contributed by atoms with Crippen molar-refractivity contribution in [2.24, 2.45) is 0 Å². The summed E-state index contributed by atoms with van der Waals surface area (Å²) >= 11 is 6.52. The second kappa shape index (κ2) is 6.85. The summed E-state index contributed by atoms with van der Waals surface area (Å²) in [6, 6.07) is 14.6. The molecule has 0 atom stereocenters. The SMILES string of the molecule is O=C(Nc1cccc(Cl)c1)c1sc(-c2ccccc2)nc1C(F)(F)F. The van der Waals surface area contributed by atoms with Crippen LogP contribution in [0.5, 0.6) is 0 Å². The molecule has 3 aromatic rings. The number of thiazole rings is 1. The van der Waals surface area contributed by atoms with Crippen molar-refractivity contribution in [2.75, 3.05) is 5.32 Å². The standard InChI is InChI=1S/C17H10ClF3N2OS/c18-11-7-4-8-12(9-11)22-15(24)13-14(17(19,20)21)23-16(25-13)10-5-2-1-3-6-10/h1-9H,(H,22,24). The maximum absolute atomic E-state index is 13.3. The Morgan fingerprint density at radius 1 is 1.08 bits per heavy atom. The van der Waals surface area contributed by atoms with Crippen LogP contribution in [0.1, 0.15) is 15.4 Å². The quantitative estimate of drug-likeness (QED) is 0.628. The van der Waals surface area contributed by atoms with Gasteiger partial charge in [0.2, 0.25) is 0 Å². The fourth-order valence-corrected chi connectivity index (χ4v) is 3.30. The molecule has 0 radical (unpaired) electrons. The third kappa shape index (κ3) is 4.00. The molecule has 8 heteroatoms. The number of benzene rings is 2. The summed E-state index contributed by atoms with van der Waals surface area (Å²) in [4.78, 5) is 15.5. The number of hydrogen-bond donors (Lipinski definition) is 1. The maximum atomic E-state index is 13.3. The van der Waals surface area contributed by atoms with E-state index >= 15 is 0 Å². The van der Waals surface area contributed by atoms with Crippen LogP contribution in [0.25, 0.3) is 10.6 Å². The Labute approximate surface area is 150 Å². The molecular formula is C17H10ClF3N2OS. The molecule has 0 aliphatic carbocycles. The van der Waals surface area contributed by atoms with E-state index in [1.165, 1.54) is 12.1 Å². The highest BCUT2D eigenvalue weighted by Gasteiger charge is 2.39. The van der Waals surface area contributed by atoms with E-state index in [0.29, 0.717) is 27.6 Å². The summed E-state index contributed by atoms with van der Waals surface area (Å²) in [7, 11) is 0. The Hall–Kier alpha value is -2.38. The monoisotopic (exact) mass is 382 g/mol. The van der Waals surface area contributed by atoms with Gasteiger partial charge in [-0.3, -0.25) is 4.79 Å². The summed E-state index contributed by atoms with van der Waals surface area (Å²) in [5.74, 6) is -0.880. The van der Waals surface area contributed by atoms with E-state index < -0.39 is 22.7 Å². The molecule has 0 saturated heterocycles. The molecule has 0 saturated carbocycles. The number of carbonyl (C=O) groups excluding carboxylic acids is 1. The Kier molecular flexibility index (Phi) is 4.78. The lowest BCUT2D eigenvalue weighted by Crippen LogP contribution is -2.17. The minimum atomic E-state index is -4.73. The van der Waals surface area contributed by atoms with Gasteiger partial charge in [0.05, 0.1) is 0 Å². The third-order valence-corrected chi connectivity index (χ3v) is 4.54. The van der Waals surface area contributed by atoms with Crippen molar-refractivity contribution in [1.82, 2.24) is 4.98 Å². The number of hydrogen-bond acceptors (Lipinski definition) is 3. The zero-order chi connectivity index (χ0) is 18.0. The van der Waals surface area contributed by atoms with Crippen LogP contribution < -0.4 is 5.32 Å². The fourth-order valence-electron chi connectivity index (χ4n) is 2.12. The predicted octanol–water partition coefficient (Wildman–Crippen LogP) is 5.73. The molecule has 1 N–H and O–H groups in total. The Morgan fingerprint density at radius 2 is 1.80 bits per heavy atom. The van der Waals surface area contributed by atoms with E-state index in [2.05, 4.69) is 10.3 Å².